The van der Waals surface area contributed by atoms with Gasteiger partial charge in [0.15, 0.2) is 0 Å². The number of hydrogen-bond donors (Lipinski definition) is 2. The number of carboxylic acids is 1. The van der Waals surface area contributed by atoms with Crippen LogP contribution >= 0.6 is 0 Å². The topological polar surface area (TPSA) is 69.2 Å². The summed E-state index contributed by atoms with van der Waals surface area (Å²) in [5.41, 5.74) is 4.47. The second-order valence-corrected chi connectivity index (χ2v) is 6.78. The van der Waals surface area contributed by atoms with Crippen LogP contribution in [-0.4, -0.2) is 39.5 Å². The molecule has 5 nitrogen and oxygen atoms in total. The molecule has 4 rings (SSSR count). The molecular formula is C21H21N3O2. The first-order chi connectivity index (χ1) is 12.6. The van der Waals surface area contributed by atoms with E-state index in [1.54, 1.807) is 12.1 Å². The summed E-state index contributed by atoms with van der Waals surface area (Å²) in [5, 5.41) is 8.99. The zero-order valence-corrected chi connectivity index (χ0v) is 14.6. The highest BCUT2D eigenvalue weighted by Gasteiger charge is 2.25. The van der Waals surface area contributed by atoms with Crippen molar-refractivity contribution in [2.45, 2.75) is 18.9 Å². The third-order valence-corrected chi connectivity index (χ3v) is 5.09. The summed E-state index contributed by atoms with van der Waals surface area (Å²) in [7, 11) is 2.14. The standard InChI is InChI=1S/C21H21N3O2/c1-24-12-2-3-19(24)20-22-13-18(23-20)16-8-4-14(5-9-16)15-6-10-17(11-7-15)21(25)26/h4-11,13,19H,2-3,12H2,1H3,(H,22,23)(H,25,26)/t19-/m0/s1. The van der Waals surface area contributed by atoms with Gasteiger partial charge in [-0.1, -0.05) is 36.4 Å². The predicted molar refractivity (Wildman–Crippen MR) is 101 cm³/mol. The van der Waals surface area contributed by atoms with Gasteiger partial charge in [-0.15, -0.1) is 0 Å². The molecule has 0 unspecified atom stereocenters. The molecule has 0 bridgehead atoms. The lowest BCUT2D eigenvalue weighted by molar-refractivity contribution is 0.0697. The molecule has 1 aromatic heterocycles. The van der Waals surface area contributed by atoms with Gasteiger partial charge in [-0.3, -0.25) is 4.90 Å². The summed E-state index contributed by atoms with van der Waals surface area (Å²) < 4.78 is 0. The molecule has 3 aromatic rings. The van der Waals surface area contributed by atoms with Crippen molar-refractivity contribution in [3.63, 3.8) is 0 Å². The second kappa shape index (κ2) is 6.77. The number of hydrogen-bond acceptors (Lipinski definition) is 3. The maximum absolute atomic E-state index is 11.0. The minimum atomic E-state index is -0.908. The molecular weight excluding hydrogens is 326 g/mol. The zero-order chi connectivity index (χ0) is 18.1. The maximum Gasteiger partial charge on any atom is 0.335 e. The largest absolute Gasteiger partial charge is 0.478 e. The molecule has 1 atom stereocenters. The fourth-order valence-electron chi connectivity index (χ4n) is 3.56. The summed E-state index contributed by atoms with van der Waals surface area (Å²) in [4.78, 5) is 21.3. The lowest BCUT2D eigenvalue weighted by atomic mass is 10.0. The van der Waals surface area contributed by atoms with E-state index in [0.717, 1.165) is 41.2 Å². The van der Waals surface area contributed by atoms with Crippen LogP contribution in [0.25, 0.3) is 22.4 Å². The van der Waals surface area contributed by atoms with E-state index in [2.05, 4.69) is 34.0 Å². The molecule has 0 spiro atoms. The van der Waals surface area contributed by atoms with Crippen molar-refractivity contribution in [2.75, 3.05) is 13.6 Å². The van der Waals surface area contributed by atoms with Crippen LogP contribution in [0.15, 0.2) is 54.7 Å². The van der Waals surface area contributed by atoms with Gasteiger partial charge in [0, 0.05) is 0 Å². The number of aromatic nitrogens is 2. The SMILES string of the molecule is CN1CCC[C@H]1c1ncc(-c2ccc(-c3ccc(C(=O)O)cc3)cc2)[nH]1. The van der Waals surface area contributed by atoms with E-state index in [-0.39, 0.29) is 0 Å². The van der Waals surface area contributed by atoms with Gasteiger partial charge < -0.3 is 10.1 Å². The zero-order valence-electron chi connectivity index (χ0n) is 14.6. The molecule has 2 heterocycles. The highest BCUT2D eigenvalue weighted by atomic mass is 16.4. The number of imidazole rings is 1. The highest BCUT2D eigenvalue weighted by molar-refractivity contribution is 5.88. The Morgan fingerprint density at radius 2 is 1.69 bits per heavy atom. The fourth-order valence-corrected chi connectivity index (χ4v) is 3.56. The third kappa shape index (κ3) is 3.13. The number of likely N-dealkylation sites (tertiary alicyclic amines) is 1. The van der Waals surface area contributed by atoms with Crippen molar-refractivity contribution in [2.24, 2.45) is 0 Å². The molecule has 5 heteroatoms. The van der Waals surface area contributed by atoms with Crippen molar-refractivity contribution in [1.29, 1.82) is 0 Å². The number of carbonyl (C=O) groups is 1. The van der Waals surface area contributed by atoms with Crippen molar-refractivity contribution >= 4 is 5.97 Å². The van der Waals surface area contributed by atoms with E-state index in [1.807, 2.05) is 30.5 Å². The van der Waals surface area contributed by atoms with Crippen LogP contribution in [0.1, 0.15) is 35.1 Å². The maximum atomic E-state index is 11.0. The summed E-state index contributed by atoms with van der Waals surface area (Å²) >= 11 is 0. The van der Waals surface area contributed by atoms with E-state index >= 15 is 0 Å². The highest BCUT2D eigenvalue weighted by Crippen LogP contribution is 2.30. The van der Waals surface area contributed by atoms with Crippen LogP contribution in [0.5, 0.6) is 0 Å². The Morgan fingerprint density at radius 1 is 1.08 bits per heavy atom. The molecule has 26 heavy (non-hydrogen) atoms. The van der Waals surface area contributed by atoms with Crippen molar-refractivity contribution in [3.05, 3.63) is 66.1 Å². The molecule has 1 saturated heterocycles. The number of benzene rings is 2. The van der Waals surface area contributed by atoms with Crippen LogP contribution in [0, 0.1) is 0 Å². The minimum Gasteiger partial charge on any atom is -0.478 e. The monoisotopic (exact) mass is 347 g/mol. The second-order valence-electron chi connectivity index (χ2n) is 6.78. The van der Waals surface area contributed by atoms with Crippen LogP contribution < -0.4 is 0 Å². The summed E-state index contributed by atoms with van der Waals surface area (Å²) in [6, 6.07) is 15.5. The van der Waals surface area contributed by atoms with Gasteiger partial charge in [0.25, 0.3) is 0 Å². The number of H-pyrrole nitrogens is 1. The van der Waals surface area contributed by atoms with E-state index in [0.29, 0.717) is 11.6 Å². The molecule has 2 N–H and O–H groups in total. The smallest absolute Gasteiger partial charge is 0.335 e. The number of aromatic carboxylic acids is 1. The molecule has 0 aliphatic carbocycles. The summed E-state index contributed by atoms with van der Waals surface area (Å²) in [6.07, 6.45) is 4.26. The van der Waals surface area contributed by atoms with Gasteiger partial charge in [-0.2, -0.15) is 0 Å². The van der Waals surface area contributed by atoms with E-state index < -0.39 is 5.97 Å². The van der Waals surface area contributed by atoms with Crippen LogP contribution in [0.2, 0.25) is 0 Å². The normalized spacial score (nSPS) is 17.5. The molecule has 0 amide bonds. The van der Waals surface area contributed by atoms with Gasteiger partial charge in [-0.25, -0.2) is 9.78 Å². The Balaban J connectivity index is 1.54. The van der Waals surface area contributed by atoms with Crippen molar-refractivity contribution in [1.82, 2.24) is 14.9 Å². The van der Waals surface area contributed by atoms with Crippen molar-refractivity contribution < 1.29 is 9.90 Å². The Labute approximate surface area is 152 Å². The Hall–Kier alpha value is -2.92. The van der Waals surface area contributed by atoms with Crippen LogP contribution in [0.4, 0.5) is 0 Å². The molecule has 1 aliphatic heterocycles. The average molecular weight is 347 g/mol. The summed E-state index contributed by atoms with van der Waals surface area (Å²) in [5.74, 6) is 0.128. The number of rotatable bonds is 4. The van der Waals surface area contributed by atoms with Crippen LogP contribution in [-0.2, 0) is 0 Å². The molecule has 132 valence electrons. The number of carboxylic acid groups (broad SMARTS) is 1. The first-order valence-electron chi connectivity index (χ1n) is 8.81. The molecule has 2 aromatic carbocycles. The number of aromatic amines is 1. The lowest BCUT2D eigenvalue weighted by Crippen LogP contribution is -2.18. The van der Waals surface area contributed by atoms with Gasteiger partial charge in [0.05, 0.1) is 23.5 Å². The lowest BCUT2D eigenvalue weighted by Gasteiger charge is -2.16. The number of nitrogens with one attached hydrogen (secondary N) is 1. The summed E-state index contributed by atoms with van der Waals surface area (Å²) in [6.45, 7) is 1.12. The van der Waals surface area contributed by atoms with Crippen molar-refractivity contribution in [3.8, 4) is 22.4 Å². The quantitative estimate of drug-likeness (QED) is 0.742. The fraction of sp³-hybridized carbons (Fsp3) is 0.238. The Bertz CT molecular complexity index is 913. The van der Waals surface area contributed by atoms with Gasteiger partial charge in [0.2, 0.25) is 0 Å². The van der Waals surface area contributed by atoms with E-state index in [9.17, 15) is 4.79 Å². The van der Waals surface area contributed by atoms with E-state index in [1.165, 1.54) is 6.42 Å². The molecule has 1 aliphatic rings. The Morgan fingerprint density at radius 3 is 2.27 bits per heavy atom. The third-order valence-electron chi connectivity index (χ3n) is 5.09. The van der Waals surface area contributed by atoms with Crippen LogP contribution in [0.3, 0.4) is 0 Å². The van der Waals surface area contributed by atoms with E-state index in [4.69, 9.17) is 5.11 Å². The minimum absolute atomic E-state index is 0.298. The molecule has 1 fully saturated rings. The van der Waals surface area contributed by atoms with Gasteiger partial charge in [0.1, 0.15) is 5.82 Å². The predicted octanol–water partition coefficient (Wildman–Crippen LogP) is 4.21. The first kappa shape index (κ1) is 16.5. The Kier molecular flexibility index (Phi) is 4.31. The first-order valence-corrected chi connectivity index (χ1v) is 8.81. The molecule has 0 radical (unpaired) electrons. The number of nitrogens with zero attached hydrogens (tertiary/aromatic N) is 2. The van der Waals surface area contributed by atoms with Gasteiger partial charge >= 0.3 is 5.97 Å². The van der Waals surface area contributed by atoms with Gasteiger partial charge in [-0.05, 0) is 55.3 Å². The average Bonchev–Trinajstić information content (AvgIpc) is 3.31. The molecule has 0 saturated carbocycles.